The zero-order valence-electron chi connectivity index (χ0n) is 14.6. The van der Waals surface area contributed by atoms with Crippen molar-refractivity contribution in [2.24, 2.45) is 0 Å². The number of anilines is 2. The average Bonchev–Trinajstić information content (AvgIpc) is 2.64. The smallest absolute Gasteiger partial charge is 0.387 e. The molecule has 0 bridgehead atoms. The summed E-state index contributed by atoms with van der Waals surface area (Å²) >= 11 is 5.86. The summed E-state index contributed by atoms with van der Waals surface area (Å²) in [7, 11) is 1.51. The van der Waals surface area contributed by atoms with Crippen molar-refractivity contribution in [1.29, 1.82) is 0 Å². The number of ether oxygens (including phenoxy) is 2. The van der Waals surface area contributed by atoms with Crippen LogP contribution < -0.4 is 15.4 Å². The van der Waals surface area contributed by atoms with Crippen LogP contribution in [-0.2, 0) is 4.74 Å². The maximum absolute atomic E-state index is 12.6. The van der Waals surface area contributed by atoms with Crippen LogP contribution in [0.5, 0.6) is 5.75 Å². The van der Waals surface area contributed by atoms with E-state index in [9.17, 15) is 23.7 Å². The van der Waals surface area contributed by atoms with Crippen molar-refractivity contribution in [3.63, 3.8) is 0 Å². The number of nitro benzene ring substituents is 1. The SMILES string of the molecule is COCCNc1ccc([N+](=O)[O-])cc1C(=O)Nc1ccc(OC(F)F)c(Cl)c1. The first kappa shape index (κ1) is 21.3. The highest BCUT2D eigenvalue weighted by atomic mass is 35.5. The average molecular weight is 416 g/mol. The van der Waals surface area contributed by atoms with Gasteiger partial charge in [0, 0.05) is 37.2 Å². The predicted octanol–water partition coefficient (Wildman–Crippen LogP) is 4.16. The van der Waals surface area contributed by atoms with E-state index in [0.29, 0.717) is 18.8 Å². The number of carbonyl (C=O) groups excluding carboxylic acids is 1. The third kappa shape index (κ3) is 5.76. The van der Waals surface area contributed by atoms with E-state index >= 15 is 0 Å². The van der Waals surface area contributed by atoms with Gasteiger partial charge in [0.2, 0.25) is 0 Å². The fourth-order valence-electron chi connectivity index (χ4n) is 2.24. The van der Waals surface area contributed by atoms with Crippen LogP contribution in [0.25, 0.3) is 0 Å². The Labute approximate surface area is 163 Å². The first-order chi connectivity index (χ1) is 13.3. The molecular weight excluding hydrogens is 400 g/mol. The molecule has 0 saturated carbocycles. The zero-order valence-corrected chi connectivity index (χ0v) is 15.3. The number of non-ortho nitro benzene ring substituents is 1. The minimum atomic E-state index is -3.04. The van der Waals surface area contributed by atoms with Crippen molar-refractivity contribution < 1.29 is 28.0 Å². The lowest BCUT2D eigenvalue weighted by atomic mass is 10.1. The monoisotopic (exact) mass is 415 g/mol. The molecule has 2 aromatic carbocycles. The highest BCUT2D eigenvalue weighted by molar-refractivity contribution is 6.32. The van der Waals surface area contributed by atoms with E-state index in [1.807, 2.05) is 0 Å². The first-order valence-electron chi connectivity index (χ1n) is 7.88. The lowest BCUT2D eigenvalue weighted by molar-refractivity contribution is -0.384. The minimum absolute atomic E-state index is 0.0225. The molecule has 0 radical (unpaired) electrons. The number of nitro groups is 1. The summed E-state index contributed by atoms with van der Waals surface area (Å²) in [6.07, 6.45) is 0. The molecule has 0 fully saturated rings. The number of nitrogens with one attached hydrogen (secondary N) is 2. The zero-order chi connectivity index (χ0) is 20.7. The molecule has 0 unspecified atom stereocenters. The van der Waals surface area contributed by atoms with E-state index in [-0.39, 0.29) is 27.7 Å². The van der Waals surface area contributed by atoms with Crippen LogP contribution >= 0.6 is 11.6 Å². The molecule has 0 heterocycles. The molecule has 0 aliphatic rings. The van der Waals surface area contributed by atoms with E-state index in [0.717, 1.165) is 6.07 Å². The standard InChI is InChI=1S/C17H16ClF2N3O5/c1-27-7-6-21-14-4-3-11(23(25)26)9-12(14)16(24)22-10-2-5-15(13(18)8-10)28-17(19)20/h2-5,8-9,17,21H,6-7H2,1H3,(H,22,24). The largest absolute Gasteiger partial charge is 0.433 e. The van der Waals surface area contributed by atoms with Crippen LogP contribution in [0.3, 0.4) is 0 Å². The van der Waals surface area contributed by atoms with Crippen molar-refractivity contribution >= 4 is 34.6 Å². The molecule has 28 heavy (non-hydrogen) atoms. The number of rotatable bonds is 9. The predicted molar refractivity (Wildman–Crippen MR) is 99.5 cm³/mol. The molecule has 11 heteroatoms. The molecule has 2 rings (SSSR count). The van der Waals surface area contributed by atoms with Crippen LogP contribution in [0.1, 0.15) is 10.4 Å². The molecule has 2 N–H and O–H groups in total. The number of alkyl halides is 2. The second kappa shape index (κ2) is 9.81. The molecular formula is C17H16ClF2N3O5. The number of methoxy groups -OCH3 is 1. The topological polar surface area (TPSA) is 103 Å². The molecule has 1 amide bonds. The Balaban J connectivity index is 2.25. The van der Waals surface area contributed by atoms with Crippen molar-refractivity contribution in [2.75, 3.05) is 30.9 Å². The fourth-order valence-corrected chi connectivity index (χ4v) is 2.47. The molecule has 0 aliphatic heterocycles. The van der Waals surface area contributed by atoms with Crippen LogP contribution in [0.4, 0.5) is 25.8 Å². The van der Waals surface area contributed by atoms with Gasteiger partial charge >= 0.3 is 6.61 Å². The van der Waals surface area contributed by atoms with E-state index in [4.69, 9.17) is 16.3 Å². The van der Waals surface area contributed by atoms with Gasteiger partial charge in [0.15, 0.2) is 0 Å². The van der Waals surface area contributed by atoms with Crippen LogP contribution in [-0.4, -0.2) is 37.7 Å². The Morgan fingerprint density at radius 1 is 1.29 bits per heavy atom. The van der Waals surface area contributed by atoms with E-state index in [2.05, 4.69) is 15.4 Å². The Kier molecular flexibility index (Phi) is 7.47. The van der Waals surface area contributed by atoms with Crippen LogP contribution in [0.15, 0.2) is 36.4 Å². The number of carbonyl (C=O) groups is 1. The molecule has 8 nitrogen and oxygen atoms in total. The van der Waals surface area contributed by atoms with Crippen LogP contribution in [0, 0.1) is 10.1 Å². The van der Waals surface area contributed by atoms with Crippen molar-refractivity contribution in [1.82, 2.24) is 0 Å². The molecule has 150 valence electrons. The number of hydrogen-bond acceptors (Lipinski definition) is 6. The Bertz CT molecular complexity index is 867. The van der Waals surface area contributed by atoms with Gasteiger partial charge in [0.25, 0.3) is 11.6 Å². The van der Waals surface area contributed by atoms with Crippen molar-refractivity contribution in [3.8, 4) is 5.75 Å². The Morgan fingerprint density at radius 3 is 2.64 bits per heavy atom. The second-order valence-corrected chi connectivity index (χ2v) is 5.79. The quantitative estimate of drug-likeness (QED) is 0.362. The summed E-state index contributed by atoms with van der Waals surface area (Å²) in [5, 5.41) is 16.4. The van der Waals surface area contributed by atoms with Gasteiger partial charge in [-0.3, -0.25) is 14.9 Å². The van der Waals surface area contributed by atoms with E-state index in [1.54, 1.807) is 0 Å². The van der Waals surface area contributed by atoms with Gasteiger partial charge in [-0.15, -0.1) is 0 Å². The number of nitrogens with zero attached hydrogens (tertiary/aromatic N) is 1. The minimum Gasteiger partial charge on any atom is -0.433 e. The maximum Gasteiger partial charge on any atom is 0.387 e. The van der Waals surface area contributed by atoms with E-state index in [1.165, 1.54) is 37.4 Å². The summed E-state index contributed by atoms with van der Waals surface area (Å²) in [5.41, 5.74) is 0.324. The molecule has 0 saturated heterocycles. The third-order valence-corrected chi connectivity index (χ3v) is 3.78. The van der Waals surface area contributed by atoms with Crippen molar-refractivity contribution in [2.45, 2.75) is 6.61 Å². The summed E-state index contributed by atoms with van der Waals surface area (Å²) in [5.74, 6) is -0.894. The highest BCUT2D eigenvalue weighted by Crippen LogP contribution is 2.30. The Hall–Kier alpha value is -2.98. The van der Waals surface area contributed by atoms with Gasteiger partial charge in [-0.05, 0) is 24.3 Å². The third-order valence-electron chi connectivity index (χ3n) is 3.49. The number of halogens is 3. The normalized spacial score (nSPS) is 10.6. The van der Waals surface area contributed by atoms with Gasteiger partial charge in [-0.1, -0.05) is 11.6 Å². The van der Waals surface area contributed by atoms with Gasteiger partial charge < -0.3 is 20.1 Å². The lowest BCUT2D eigenvalue weighted by Gasteiger charge is -2.13. The summed E-state index contributed by atoms with van der Waals surface area (Å²) in [6.45, 7) is -2.30. The maximum atomic E-state index is 12.6. The lowest BCUT2D eigenvalue weighted by Crippen LogP contribution is -2.17. The molecule has 0 aromatic heterocycles. The van der Waals surface area contributed by atoms with Gasteiger partial charge in [-0.25, -0.2) is 0 Å². The molecule has 0 atom stereocenters. The summed E-state index contributed by atoms with van der Waals surface area (Å²) in [4.78, 5) is 23.0. The molecule has 0 aliphatic carbocycles. The Morgan fingerprint density at radius 2 is 2.04 bits per heavy atom. The number of hydrogen-bond donors (Lipinski definition) is 2. The fraction of sp³-hybridized carbons (Fsp3) is 0.235. The highest BCUT2D eigenvalue weighted by Gasteiger charge is 2.18. The van der Waals surface area contributed by atoms with E-state index < -0.39 is 17.4 Å². The molecule has 0 spiro atoms. The number of benzene rings is 2. The van der Waals surface area contributed by atoms with Gasteiger partial charge in [0.1, 0.15) is 5.75 Å². The van der Waals surface area contributed by atoms with Gasteiger partial charge in [0.05, 0.1) is 22.1 Å². The van der Waals surface area contributed by atoms with Crippen LogP contribution in [0.2, 0.25) is 5.02 Å². The second-order valence-electron chi connectivity index (χ2n) is 5.38. The summed E-state index contributed by atoms with van der Waals surface area (Å²) < 4.78 is 33.7. The molecule has 2 aromatic rings. The number of amides is 1. The summed E-state index contributed by atoms with van der Waals surface area (Å²) in [6, 6.07) is 7.52. The van der Waals surface area contributed by atoms with Crippen molar-refractivity contribution in [3.05, 3.63) is 57.1 Å². The first-order valence-corrected chi connectivity index (χ1v) is 8.26. The van der Waals surface area contributed by atoms with Gasteiger partial charge in [-0.2, -0.15) is 8.78 Å².